The molecule has 1 aromatic carbocycles. The predicted molar refractivity (Wildman–Crippen MR) is 106 cm³/mol. The number of rotatable bonds is 4. The minimum absolute atomic E-state index is 0.0609. The van der Waals surface area contributed by atoms with E-state index in [2.05, 4.69) is 5.32 Å². The van der Waals surface area contributed by atoms with Crippen LogP contribution < -0.4 is 5.32 Å². The molecule has 0 unspecified atom stereocenters. The first-order valence-corrected chi connectivity index (χ1v) is 10.9. The van der Waals surface area contributed by atoms with Crippen LogP contribution in [0, 0.1) is 23.2 Å². The second-order valence-electron chi connectivity index (χ2n) is 9.49. The number of nitrogens with zero attached hydrogens (tertiary/aromatic N) is 1. The summed E-state index contributed by atoms with van der Waals surface area (Å²) in [5.41, 5.74) is 0.571. The molecule has 4 aliphatic carbocycles. The van der Waals surface area contributed by atoms with Gasteiger partial charge in [-0.15, -0.1) is 0 Å². The molecule has 5 aliphatic rings. The van der Waals surface area contributed by atoms with Gasteiger partial charge in [0.05, 0.1) is 13.2 Å². The van der Waals surface area contributed by atoms with Gasteiger partial charge in [-0.05, 0) is 68.4 Å². The molecule has 1 saturated heterocycles. The second kappa shape index (κ2) is 7.18. The Morgan fingerprint density at radius 2 is 1.54 bits per heavy atom. The zero-order valence-electron chi connectivity index (χ0n) is 16.4. The molecule has 1 heterocycles. The largest absolute Gasteiger partial charge is 0.378 e. The van der Waals surface area contributed by atoms with Gasteiger partial charge in [0.15, 0.2) is 0 Å². The Morgan fingerprint density at radius 1 is 0.964 bits per heavy atom. The molecule has 4 saturated carbocycles. The highest BCUT2D eigenvalue weighted by Crippen LogP contribution is 2.61. The molecule has 0 radical (unpaired) electrons. The Labute approximate surface area is 166 Å². The van der Waals surface area contributed by atoms with Crippen molar-refractivity contribution in [2.75, 3.05) is 26.3 Å². The summed E-state index contributed by atoms with van der Waals surface area (Å²) in [5.74, 6) is 2.19. The van der Waals surface area contributed by atoms with Crippen molar-refractivity contribution < 1.29 is 14.3 Å². The summed E-state index contributed by atoms with van der Waals surface area (Å²) in [6.07, 6.45) is 7.25. The Morgan fingerprint density at radius 3 is 2.11 bits per heavy atom. The lowest BCUT2D eigenvalue weighted by atomic mass is 9.47. The highest BCUT2D eigenvalue weighted by molar-refractivity contribution is 5.97. The molecule has 1 aromatic rings. The first-order valence-electron chi connectivity index (χ1n) is 10.9. The third kappa shape index (κ3) is 3.24. The van der Waals surface area contributed by atoms with Crippen molar-refractivity contribution in [3.05, 3.63) is 35.9 Å². The molecule has 0 spiro atoms. The Balaban J connectivity index is 1.44. The number of ether oxygens (including phenoxy) is 1. The SMILES string of the molecule is O=C(N[C@H](C(=O)N1CCOCC1)C12CC3CC(CC(C3)C1)C2)c1ccccc1. The molecular weight excluding hydrogens is 352 g/mol. The fourth-order valence-corrected chi connectivity index (χ4v) is 6.78. The van der Waals surface area contributed by atoms with Gasteiger partial charge in [-0.3, -0.25) is 9.59 Å². The maximum atomic E-state index is 13.6. The molecule has 28 heavy (non-hydrogen) atoms. The molecule has 5 fully saturated rings. The van der Waals surface area contributed by atoms with Crippen molar-refractivity contribution >= 4 is 11.8 Å². The van der Waals surface area contributed by atoms with E-state index in [-0.39, 0.29) is 17.2 Å². The summed E-state index contributed by atoms with van der Waals surface area (Å²) in [6, 6.07) is 8.89. The summed E-state index contributed by atoms with van der Waals surface area (Å²) in [4.78, 5) is 28.6. The third-order valence-corrected chi connectivity index (χ3v) is 7.58. The van der Waals surface area contributed by atoms with Crippen LogP contribution in [0.15, 0.2) is 30.3 Å². The van der Waals surface area contributed by atoms with Crippen molar-refractivity contribution in [3.8, 4) is 0 Å². The van der Waals surface area contributed by atoms with E-state index in [0.29, 0.717) is 31.9 Å². The van der Waals surface area contributed by atoms with Crippen LogP contribution in [0.2, 0.25) is 0 Å². The van der Waals surface area contributed by atoms with Crippen molar-refractivity contribution in [2.24, 2.45) is 23.2 Å². The number of hydrogen-bond acceptors (Lipinski definition) is 3. The van der Waals surface area contributed by atoms with Gasteiger partial charge in [0.2, 0.25) is 5.91 Å². The zero-order chi connectivity index (χ0) is 19.1. The van der Waals surface area contributed by atoms with Crippen LogP contribution in [0.1, 0.15) is 48.9 Å². The minimum atomic E-state index is -0.410. The number of carbonyl (C=O) groups is 2. The van der Waals surface area contributed by atoms with Gasteiger partial charge in [0.1, 0.15) is 6.04 Å². The Bertz CT molecular complexity index is 706. The van der Waals surface area contributed by atoms with Crippen LogP contribution >= 0.6 is 0 Å². The quantitative estimate of drug-likeness (QED) is 0.871. The van der Waals surface area contributed by atoms with Crippen molar-refractivity contribution in [1.82, 2.24) is 10.2 Å². The molecule has 0 aromatic heterocycles. The second-order valence-corrected chi connectivity index (χ2v) is 9.49. The first kappa shape index (κ1) is 18.2. The lowest BCUT2D eigenvalue weighted by Gasteiger charge is -2.59. The van der Waals surface area contributed by atoms with E-state index in [9.17, 15) is 9.59 Å². The van der Waals surface area contributed by atoms with Crippen molar-refractivity contribution in [1.29, 1.82) is 0 Å². The van der Waals surface area contributed by atoms with Crippen LogP contribution in [-0.4, -0.2) is 49.1 Å². The van der Waals surface area contributed by atoms with E-state index in [1.54, 1.807) is 0 Å². The highest BCUT2D eigenvalue weighted by atomic mass is 16.5. The van der Waals surface area contributed by atoms with Gasteiger partial charge in [-0.1, -0.05) is 18.2 Å². The smallest absolute Gasteiger partial charge is 0.251 e. The molecule has 5 nitrogen and oxygen atoms in total. The molecule has 1 N–H and O–H groups in total. The van der Waals surface area contributed by atoms with Crippen LogP contribution in [-0.2, 0) is 9.53 Å². The summed E-state index contributed by atoms with van der Waals surface area (Å²) in [6.45, 7) is 2.43. The number of benzene rings is 1. The van der Waals surface area contributed by atoms with E-state index in [0.717, 1.165) is 37.0 Å². The summed E-state index contributed by atoms with van der Waals surface area (Å²) in [7, 11) is 0. The fraction of sp³-hybridized carbons (Fsp3) is 0.652. The number of carbonyl (C=O) groups excluding carboxylic acids is 2. The Kier molecular flexibility index (Phi) is 4.66. The highest BCUT2D eigenvalue weighted by Gasteiger charge is 2.57. The third-order valence-electron chi connectivity index (χ3n) is 7.58. The van der Waals surface area contributed by atoms with Crippen LogP contribution in [0.5, 0.6) is 0 Å². The average molecular weight is 383 g/mol. The van der Waals surface area contributed by atoms with Gasteiger partial charge in [-0.2, -0.15) is 0 Å². The van der Waals surface area contributed by atoms with Crippen LogP contribution in [0.25, 0.3) is 0 Å². The maximum Gasteiger partial charge on any atom is 0.251 e. The number of hydrogen-bond donors (Lipinski definition) is 1. The molecule has 1 atom stereocenters. The average Bonchev–Trinajstić information content (AvgIpc) is 2.71. The monoisotopic (exact) mass is 382 g/mol. The van der Waals surface area contributed by atoms with Gasteiger partial charge in [0, 0.05) is 24.1 Å². The van der Waals surface area contributed by atoms with Gasteiger partial charge < -0.3 is 15.0 Å². The maximum absolute atomic E-state index is 13.6. The molecule has 1 aliphatic heterocycles. The van der Waals surface area contributed by atoms with E-state index >= 15 is 0 Å². The molecule has 2 amide bonds. The molecule has 4 bridgehead atoms. The van der Waals surface area contributed by atoms with Gasteiger partial charge >= 0.3 is 0 Å². The van der Waals surface area contributed by atoms with Crippen molar-refractivity contribution in [3.63, 3.8) is 0 Å². The first-order chi connectivity index (χ1) is 13.6. The lowest BCUT2D eigenvalue weighted by molar-refractivity contribution is -0.148. The van der Waals surface area contributed by atoms with Crippen molar-refractivity contribution in [2.45, 2.75) is 44.6 Å². The zero-order valence-corrected chi connectivity index (χ0v) is 16.4. The van der Waals surface area contributed by atoms with Gasteiger partial charge in [-0.25, -0.2) is 0 Å². The van der Waals surface area contributed by atoms with E-state index < -0.39 is 6.04 Å². The standard InChI is InChI=1S/C23H30N2O3/c26-21(19-4-2-1-3-5-19)24-20(22(27)25-6-8-28-9-7-25)23-13-16-10-17(14-23)12-18(11-16)15-23/h1-5,16-18,20H,6-15H2,(H,24,26)/t16?,17?,18?,20-,23?/m1/s1. The summed E-state index contributed by atoms with van der Waals surface area (Å²) >= 11 is 0. The van der Waals surface area contributed by atoms with E-state index in [4.69, 9.17) is 4.74 Å². The number of nitrogens with one attached hydrogen (secondary N) is 1. The lowest BCUT2D eigenvalue weighted by Crippen LogP contribution is -2.63. The van der Waals surface area contributed by atoms with E-state index in [1.807, 2.05) is 35.2 Å². The summed E-state index contributed by atoms with van der Waals surface area (Å²) in [5, 5.41) is 3.22. The fourth-order valence-electron chi connectivity index (χ4n) is 6.78. The summed E-state index contributed by atoms with van der Waals surface area (Å²) < 4.78 is 5.45. The van der Waals surface area contributed by atoms with Crippen LogP contribution in [0.3, 0.4) is 0 Å². The molecule has 6 rings (SSSR count). The molecule has 5 heteroatoms. The number of amides is 2. The topological polar surface area (TPSA) is 58.6 Å². The van der Waals surface area contributed by atoms with Gasteiger partial charge in [0.25, 0.3) is 5.91 Å². The van der Waals surface area contributed by atoms with E-state index in [1.165, 1.54) is 19.3 Å². The molecule has 150 valence electrons. The Hall–Kier alpha value is -1.88. The predicted octanol–water partition coefficient (Wildman–Crippen LogP) is 2.86. The molecular formula is C23H30N2O3. The number of morpholine rings is 1. The minimum Gasteiger partial charge on any atom is -0.378 e. The van der Waals surface area contributed by atoms with Crippen LogP contribution in [0.4, 0.5) is 0 Å². The normalized spacial score (nSPS) is 34.9.